The molecule has 0 bridgehead atoms. The molecule has 0 atom stereocenters. The van der Waals surface area contributed by atoms with Gasteiger partial charge >= 0.3 is 0 Å². The number of nitrogens with zero attached hydrogens (tertiary/aromatic N) is 4. The van der Waals surface area contributed by atoms with Crippen molar-refractivity contribution in [1.82, 2.24) is 19.4 Å². The second-order valence-electron chi connectivity index (χ2n) is 8.68. The zero-order chi connectivity index (χ0) is 22.3. The molecule has 0 spiro atoms. The van der Waals surface area contributed by atoms with Crippen LogP contribution in [0.3, 0.4) is 0 Å². The van der Waals surface area contributed by atoms with Gasteiger partial charge in [-0.05, 0) is 48.2 Å². The molecule has 2 fully saturated rings. The van der Waals surface area contributed by atoms with E-state index in [1.807, 2.05) is 47.0 Å². The van der Waals surface area contributed by atoms with Crippen LogP contribution in [0.2, 0.25) is 0 Å². The summed E-state index contributed by atoms with van der Waals surface area (Å²) in [7, 11) is 0. The maximum absolute atomic E-state index is 12.9. The maximum atomic E-state index is 12.9. The van der Waals surface area contributed by atoms with E-state index in [4.69, 9.17) is 10.8 Å². The number of aliphatic hydroxyl groups excluding tert-OH is 1. The number of carbonyl (C=O) groups excluding carboxylic acids is 2. The molecule has 0 radical (unpaired) electrons. The number of aromatic nitrogens is 2. The van der Waals surface area contributed by atoms with Crippen LogP contribution < -0.4 is 5.73 Å². The van der Waals surface area contributed by atoms with Crippen LogP contribution in [-0.4, -0.2) is 74.6 Å². The Morgan fingerprint density at radius 2 is 1.62 bits per heavy atom. The number of rotatable bonds is 5. The molecule has 2 heterocycles. The van der Waals surface area contributed by atoms with Crippen LogP contribution in [0.5, 0.6) is 0 Å². The van der Waals surface area contributed by atoms with Gasteiger partial charge in [0, 0.05) is 38.3 Å². The molecule has 2 aliphatic rings. The van der Waals surface area contributed by atoms with Gasteiger partial charge in [0.15, 0.2) is 0 Å². The largest absolute Gasteiger partial charge is 0.395 e. The summed E-state index contributed by atoms with van der Waals surface area (Å²) in [4.78, 5) is 33.3. The minimum absolute atomic E-state index is 0.0178. The van der Waals surface area contributed by atoms with Gasteiger partial charge in [-0.25, -0.2) is 4.98 Å². The highest BCUT2D eigenvalue weighted by atomic mass is 16.3. The number of nitrogens with two attached hydrogens (primary N) is 1. The van der Waals surface area contributed by atoms with Gasteiger partial charge in [-0.3, -0.25) is 9.59 Å². The number of hydrogen-bond donors (Lipinski definition) is 2. The first kappa shape index (κ1) is 20.7. The summed E-state index contributed by atoms with van der Waals surface area (Å²) < 4.78 is 1.92. The molecule has 1 aromatic heterocycles. The number of aliphatic hydroxyl groups is 1. The molecule has 2 aromatic carbocycles. The zero-order valence-electron chi connectivity index (χ0n) is 17.9. The summed E-state index contributed by atoms with van der Waals surface area (Å²) >= 11 is 0. The Morgan fingerprint density at radius 1 is 0.969 bits per heavy atom. The highest BCUT2D eigenvalue weighted by Crippen LogP contribution is 2.34. The predicted octanol–water partition coefficient (Wildman–Crippen LogP) is 1.47. The fourth-order valence-corrected chi connectivity index (χ4v) is 4.29. The fraction of sp³-hybridized carbons (Fsp3) is 0.375. The molecule has 5 rings (SSSR count). The molecule has 8 nitrogen and oxygen atoms in total. The van der Waals surface area contributed by atoms with Gasteiger partial charge in [0.05, 0.1) is 29.5 Å². The van der Waals surface area contributed by atoms with Crippen LogP contribution in [0.15, 0.2) is 48.8 Å². The van der Waals surface area contributed by atoms with Crippen LogP contribution in [0.4, 0.5) is 0 Å². The summed E-state index contributed by atoms with van der Waals surface area (Å²) in [5.74, 6) is 0.00263. The average Bonchev–Trinajstić information content (AvgIpc) is 3.47. The first-order valence-electron chi connectivity index (χ1n) is 11.0. The van der Waals surface area contributed by atoms with E-state index in [1.54, 1.807) is 16.1 Å². The van der Waals surface area contributed by atoms with Crippen molar-refractivity contribution in [1.29, 1.82) is 0 Å². The SMILES string of the molecule is NC1(C(=O)N2CCN(C(=O)c3ccc(-c4ccc5c(c4)ncn5CCO)cc3)CC2)CC1. The first-order valence-corrected chi connectivity index (χ1v) is 11.0. The van der Waals surface area contributed by atoms with Gasteiger partial charge in [0.2, 0.25) is 5.91 Å². The molecular weight excluding hydrogens is 406 g/mol. The number of fused-ring (bicyclic) bond motifs is 1. The third-order valence-corrected chi connectivity index (χ3v) is 6.50. The van der Waals surface area contributed by atoms with E-state index in [2.05, 4.69) is 4.98 Å². The third-order valence-electron chi connectivity index (χ3n) is 6.50. The lowest BCUT2D eigenvalue weighted by molar-refractivity contribution is -0.135. The van der Waals surface area contributed by atoms with Crippen molar-refractivity contribution in [2.45, 2.75) is 24.9 Å². The zero-order valence-corrected chi connectivity index (χ0v) is 17.9. The molecule has 166 valence electrons. The Bertz CT molecular complexity index is 1160. The van der Waals surface area contributed by atoms with Gasteiger partial charge in [0.25, 0.3) is 5.91 Å². The monoisotopic (exact) mass is 433 g/mol. The summed E-state index contributed by atoms with van der Waals surface area (Å²) in [6.45, 7) is 2.70. The molecular formula is C24H27N5O3. The molecule has 1 saturated carbocycles. The quantitative estimate of drug-likeness (QED) is 0.634. The Hall–Kier alpha value is -3.23. The number of imidazole rings is 1. The Morgan fingerprint density at radius 3 is 2.28 bits per heavy atom. The van der Waals surface area contributed by atoms with Gasteiger partial charge in [-0.2, -0.15) is 0 Å². The third kappa shape index (κ3) is 3.76. The van der Waals surface area contributed by atoms with Crippen molar-refractivity contribution < 1.29 is 14.7 Å². The standard InChI is InChI=1S/C24H27N5O3/c25-24(7-8-24)23(32)28-11-9-27(10-12-28)22(31)18-3-1-17(2-4-18)19-5-6-21-20(15-19)26-16-29(21)13-14-30/h1-6,15-16,30H,7-14,25H2. The van der Waals surface area contributed by atoms with E-state index in [-0.39, 0.29) is 18.4 Å². The minimum atomic E-state index is -0.651. The highest BCUT2D eigenvalue weighted by Gasteiger charge is 2.48. The number of amides is 2. The van der Waals surface area contributed by atoms with Crippen molar-refractivity contribution in [3.8, 4) is 11.1 Å². The van der Waals surface area contributed by atoms with E-state index >= 15 is 0 Å². The summed E-state index contributed by atoms with van der Waals surface area (Å²) in [5.41, 5.74) is 9.89. The molecule has 1 aliphatic carbocycles. The second kappa shape index (κ2) is 8.03. The molecule has 2 amide bonds. The van der Waals surface area contributed by atoms with E-state index in [0.717, 1.165) is 35.0 Å². The molecule has 32 heavy (non-hydrogen) atoms. The van der Waals surface area contributed by atoms with Crippen LogP contribution in [-0.2, 0) is 11.3 Å². The Balaban J connectivity index is 1.25. The van der Waals surface area contributed by atoms with Gasteiger partial charge < -0.3 is 25.2 Å². The van der Waals surface area contributed by atoms with Crippen LogP contribution in [0.25, 0.3) is 22.2 Å². The van der Waals surface area contributed by atoms with Gasteiger partial charge in [-0.15, -0.1) is 0 Å². The number of hydrogen-bond acceptors (Lipinski definition) is 5. The second-order valence-corrected chi connectivity index (χ2v) is 8.68. The van der Waals surface area contributed by atoms with Crippen molar-refractivity contribution in [3.05, 3.63) is 54.4 Å². The number of carbonyl (C=O) groups is 2. The molecule has 8 heteroatoms. The van der Waals surface area contributed by atoms with Crippen molar-refractivity contribution in [2.24, 2.45) is 5.73 Å². The van der Waals surface area contributed by atoms with E-state index < -0.39 is 5.54 Å². The predicted molar refractivity (Wildman–Crippen MR) is 121 cm³/mol. The lowest BCUT2D eigenvalue weighted by atomic mass is 10.0. The summed E-state index contributed by atoms with van der Waals surface area (Å²) in [6, 6.07) is 13.6. The lowest BCUT2D eigenvalue weighted by Gasteiger charge is -2.36. The van der Waals surface area contributed by atoms with Crippen molar-refractivity contribution in [3.63, 3.8) is 0 Å². The van der Waals surface area contributed by atoms with E-state index in [9.17, 15) is 9.59 Å². The van der Waals surface area contributed by atoms with Crippen LogP contribution in [0, 0.1) is 0 Å². The Kier molecular flexibility index (Phi) is 5.19. The fourth-order valence-electron chi connectivity index (χ4n) is 4.29. The highest BCUT2D eigenvalue weighted by molar-refractivity contribution is 5.95. The summed E-state index contributed by atoms with van der Waals surface area (Å²) in [6.07, 6.45) is 3.25. The maximum Gasteiger partial charge on any atom is 0.253 e. The molecule has 3 N–H and O–H groups in total. The van der Waals surface area contributed by atoms with Gasteiger partial charge in [0.1, 0.15) is 0 Å². The average molecular weight is 434 g/mol. The lowest BCUT2D eigenvalue weighted by Crippen LogP contribution is -2.55. The minimum Gasteiger partial charge on any atom is -0.395 e. The van der Waals surface area contributed by atoms with E-state index in [1.165, 1.54) is 0 Å². The first-order chi connectivity index (χ1) is 15.5. The Labute approximate surface area is 186 Å². The number of benzene rings is 2. The molecule has 3 aromatic rings. The number of piperazine rings is 1. The van der Waals surface area contributed by atoms with Crippen molar-refractivity contribution >= 4 is 22.8 Å². The normalized spacial score (nSPS) is 17.6. The topological polar surface area (TPSA) is 105 Å². The van der Waals surface area contributed by atoms with E-state index in [0.29, 0.717) is 38.3 Å². The summed E-state index contributed by atoms with van der Waals surface area (Å²) in [5, 5.41) is 9.17. The molecule has 0 unspecified atom stereocenters. The molecule has 1 saturated heterocycles. The smallest absolute Gasteiger partial charge is 0.253 e. The van der Waals surface area contributed by atoms with Crippen LogP contribution in [0.1, 0.15) is 23.2 Å². The van der Waals surface area contributed by atoms with Crippen molar-refractivity contribution in [2.75, 3.05) is 32.8 Å². The molecule has 1 aliphatic heterocycles. The van der Waals surface area contributed by atoms with Gasteiger partial charge in [-0.1, -0.05) is 18.2 Å². The van der Waals surface area contributed by atoms with Crippen LogP contribution >= 0.6 is 0 Å².